The number of anilines is 2. The van der Waals surface area contributed by atoms with E-state index in [0.717, 1.165) is 28.4 Å². The van der Waals surface area contributed by atoms with Crippen LogP contribution < -0.4 is 20.1 Å². The topological polar surface area (TPSA) is 59.6 Å². The van der Waals surface area contributed by atoms with E-state index >= 15 is 0 Å². The number of nitrogens with one attached hydrogen (secondary N) is 2. The fourth-order valence-corrected chi connectivity index (χ4v) is 2.27. The summed E-state index contributed by atoms with van der Waals surface area (Å²) in [4.78, 5) is 11.0. The molecule has 0 atom stereocenters. The average molecular weight is 298 g/mol. The highest BCUT2D eigenvalue weighted by Crippen LogP contribution is 2.32. The lowest BCUT2D eigenvalue weighted by atomic mass is 10.2. The van der Waals surface area contributed by atoms with Gasteiger partial charge in [0.25, 0.3) is 0 Å². The summed E-state index contributed by atoms with van der Waals surface area (Å²) < 4.78 is 11.1. The van der Waals surface area contributed by atoms with Crippen LogP contribution in [0.3, 0.4) is 0 Å². The highest BCUT2D eigenvalue weighted by molar-refractivity contribution is 5.88. The van der Waals surface area contributed by atoms with Gasteiger partial charge in [0.1, 0.15) is 13.2 Å². The molecule has 1 aliphatic heterocycles. The van der Waals surface area contributed by atoms with E-state index in [1.165, 1.54) is 6.92 Å². The molecule has 0 spiro atoms. The Bertz CT molecular complexity index is 668. The molecule has 2 aromatic rings. The minimum atomic E-state index is -0.0675. The highest BCUT2D eigenvalue weighted by atomic mass is 16.6. The Morgan fingerprint density at radius 3 is 2.41 bits per heavy atom. The molecule has 5 heteroatoms. The Morgan fingerprint density at radius 2 is 1.68 bits per heavy atom. The number of hydrogen-bond donors (Lipinski definition) is 2. The second-order valence-electron chi connectivity index (χ2n) is 5.09. The van der Waals surface area contributed by atoms with Gasteiger partial charge in [-0.05, 0) is 29.8 Å². The summed E-state index contributed by atoms with van der Waals surface area (Å²) in [7, 11) is 0. The monoisotopic (exact) mass is 298 g/mol. The predicted molar refractivity (Wildman–Crippen MR) is 85.5 cm³/mol. The molecule has 2 N–H and O–H groups in total. The smallest absolute Gasteiger partial charge is 0.221 e. The summed E-state index contributed by atoms with van der Waals surface area (Å²) in [5, 5.41) is 6.10. The summed E-state index contributed by atoms with van der Waals surface area (Å²) in [6.07, 6.45) is 0. The van der Waals surface area contributed by atoms with Gasteiger partial charge in [0.05, 0.1) is 0 Å². The first kappa shape index (κ1) is 14.3. The van der Waals surface area contributed by atoms with Crippen LogP contribution in [0.25, 0.3) is 0 Å². The molecule has 2 aromatic carbocycles. The minimum absolute atomic E-state index is 0.0675. The summed E-state index contributed by atoms with van der Waals surface area (Å²) in [6, 6.07) is 13.6. The fraction of sp³-hybridized carbons (Fsp3) is 0.235. The number of amides is 1. The maximum absolute atomic E-state index is 11.0. The normalized spacial score (nSPS) is 12.6. The molecule has 0 bridgehead atoms. The number of carbonyl (C=O) groups excluding carboxylic acids is 1. The first-order valence-corrected chi connectivity index (χ1v) is 7.21. The summed E-state index contributed by atoms with van der Waals surface area (Å²) >= 11 is 0. The third-order valence-electron chi connectivity index (χ3n) is 3.31. The van der Waals surface area contributed by atoms with Crippen LogP contribution in [0.1, 0.15) is 12.5 Å². The summed E-state index contributed by atoms with van der Waals surface area (Å²) in [5.74, 6) is 1.50. The second-order valence-corrected chi connectivity index (χ2v) is 5.09. The third-order valence-corrected chi connectivity index (χ3v) is 3.31. The van der Waals surface area contributed by atoms with E-state index in [1.807, 2.05) is 42.5 Å². The number of hydrogen-bond acceptors (Lipinski definition) is 4. The molecule has 1 heterocycles. The number of ether oxygens (including phenoxy) is 2. The molecule has 1 amide bonds. The van der Waals surface area contributed by atoms with E-state index in [0.29, 0.717) is 19.8 Å². The Hall–Kier alpha value is -2.69. The largest absolute Gasteiger partial charge is 0.486 e. The van der Waals surface area contributed by atoms with Crippen molar-refractivity contribution in [3.05, 3.63) is 48.0 Å². The van der Waals surface area contributed by atoms with Gasteiger partial charge >= 0.3 is 0 Å². The standard InChI is InChI=1S/C17H18N2O3/c1-12(20)19-14-4-2-13(3-5-14)11-18-15-6-7-16-17(10-15)22-9-8-21-16/h2-7,10,18H,8-9,11H2,1H3,(H,19,20). The first-order chi connectivity index (χ1) is 10.7. The van der Waals surface area contributed by atoms with E-state index in [2.05, 4.69) is 10.6 Å². The predicted octanol–water partition coefficient (Wildman–Crippen LogP) is 3.03. The molecule has 22 heavy (non-hydrogen) atoms. The van der Waals surface area contributed by atoms with E-state index in [1.54, 1.807) is 0 Å². The zero-order chi connectivity index (χ0) is 15.4. The van der Waals surface area contributed by atoms with Gasteiger partial charge in [-0.15, -0.1) is 0 Å². The molecule has 0 fully saturated rings. The average Bonchev–Trinajstić information content (AvgIpc) is 2.53. The molecule has 0 aromatic heterocycles. The molecule has 3 rings (SSSR count). The summed E-state index contributed by atoms with van der Waals surface area (Å²) in [6.45, 7) is 3.37. The van der Waals surface area contributed by atoms with Crippen LogP contribution in [0.2, 0.25) is 0 Å². The molecule has 0 saturated carbocycles. The van der Waals surface area contributed by atoms with Crippen molar-refractivity contribution in [1.29, 1.82) is 0 Å². The van der Waals surface area contributed by atoms with Crippen LogP contribution >= 0.6 is 0 Å². The maximum Gasteiger partial charge on any atom is 0.221 e. The zero-order valence-corrected chi connectivity index (χ0v) is 12.4. The molecule has 0 radical (unpaired) electrons. The quantitative estimate of drug-likeness (QED) is 0.911. The van der Waals surface area contributed by atoms with Gasteiger partial charge < -0.3 is 20.1 Å². The third kappa shape index (κ3) is 3.49. The molecular formula is C17H18N2O3. The lowest BCUT2D eigenvalue weighted by Crippen LogP contribution is -2.15. The van der Waals surface area contributed by atoms with Crippen LogP contribution in [0.5, 0.6) is 11.5 Å². The molecule has 1 aliphatic rings. The van der Waals surface area contributed by atoms with Crippen molar-refractivity contribution >= 4 is 17.3 Å². The zero-order valence-electron chi connectivity index (χ0n) is 12.4. The lowest BCUT2D eigenvalue weighted by molar-refractivity contribution is -0.114. The Morgan fingerprint density at radius 1 is 1.00 bits per heavy atom. The van der Waals surface area contributed by atoms with Crippen molar-refractivity contribution in [1.82, 2.24) is 0 Å². The Labute approximate surface area is 129 Å². The molecule has 0 saturated heterocycles. The Kier molecular flexibility index (Phi) is 4.14. The van der Waals surface area contributed by atoms with Crippen molar-refractivity contribution in [3.63, 3.8) is 0 Å². The maximum atomic E-state index is 11.0. The molecule has 0 aliphatic carbocycles. The van der Waals surface area contributed by atoms with Crippen LogP contribution in [0.4, 0.5) is 11.4 Å². The van der Waals surface area contributed by atoms with Crippen molar-refractivity contribution < 1.29 is 14.3 Å². The first-order valence-electron chi connectivity index (χ1n) is 7.21. The number of fused-ring (bicyclic) bond motifs is 1. The molecule has 5 nitrogen and oxygen atoms in total. The van der Waals surface area contributed by atoms with Gasteiger partial charge in [-0.3, -0.25) is 4.79 Å². The van der Waals surface area contributed by atoms with E-state index in [4.69, 9.17) is 9.47 Å². The van der Waals surface area contributed by atoms with Gasteiger partial charge in [-0.25, -0.2) is 0 Å². The van der Waals surface area contributed by atoms with Gasteiger partial charge in [0.2, 0.25) is 5.91 Å². The molecule has 0 unspecified atom stereocenters. The van der Waals surface area contributed by atoms with Crippen molar-refractivity contribution in [2.75, 3.05) is 23.8 Å². The SMILES string of the molecule is CC(=O)Nc1ccc(CNc2ccc3c(c2)OCCO3)cc1. The second kappa shape index (κ2) is 6.39. The fourth-order valence-electron chi connectivity index (χ4n) is 2.27. The molecular weight excluding hydrogens is 280 g/mol. The minimum Gasteiger partial charge on any atom is -0.486 e. The van der Waals surface area contributed by atoms with E-state index in [9.17, 15) is 4.79 Å². The van der Waals surface area contributed by atoms with Crippen molar-refractivity contribution in [3.8, 4) is 11.5 Å². The summed E-state index contributed by atoms with van der Waals surface area (Å²) in [5.41, 5.74) is 2.91. The Balaban J connectivity index is 1.61. The van der Waals surface area contributed by atoms with Gasteiger partial charge in [0, 0.05) is 30.9 Å². The van der Waals surface area contributed by atoms with Crippen molar-refractivity contribution in [2.24, 2.45) is 0 Å². The highest BCUT2D eigenvalue weighted by Gasteiger charge is 2.11. The van der Waals surface area contributed by atoms with Gasteiger partial charge in [-0.2, -0.15) is 0 Å². The van der Waals surface area contributed by atoms with Crippen LogP contribution in [-0.4, -0.2) is 19.1 Å². The number of rotatable bonds is 4. The van der Waals surface area contributed by atoms with Gasteiger partial charge in [0.15, 0.2) is 11.5 Å². The lowest BCUT2D eigenvalue weighted by Gasteiger charge is -2.19. The van der Waals surface area contributed by atoms with E-state index < -0.39 is 0 Å². The van der Waals surface area contributed by atoms with E-state index in [-0.39, 0.29) is 5.91 Å². The molecule has 114 valence electrons. The number of carbonyl (C=O) groups is 1. The van der Waals surface area contributed by atoms with Crippen LogP contribution in [0, 0.1) is 0 Å². The van der Waals surface area contributed by atoms with Gasteiger partial charge in [-0.1, -0.05) is 12.1 Å². The van der Waals surface area contributed by atoms with Crippen LogP contribution in [-0.2, 0) is 11.3 Å². The van der Waals surface area contributed by atoms with Crippen LogP contribution in [0.15, 0.2) is 42.5 Å². The number of benzene rings is 2. The van der Waals surface area contributed by atoms with Crippen molar-refractivity contribution in [2.45, 2.75) is 13.5 Å².